The van der Waals surface area contributed by atoms with Gasteiger partial charge in [0.25, 0.3) is 0 Å². The van der Waals surface area contributed by atoms with Gasteiger partial charge in [0, 0.05) is 12.0 Å². The zero-order chi connectivity index (χ0) is 20.4. The SMILES string of the molecule is CCOC(=O)c1ccc(C#CCc2ccc3c(c2)C(C)(C)CCC3(C)C)cc1. The number of benzene rings is 2. The van der Waals surface area contributed by atoms with Crippen molar-refractivity contribution < 1.29 is 9.53 Å². The highest BCUT2D eigenvalue weighted by Gasteiger charge is 2.36. The summed E-state index contributed by atoms with van der Waals surface area (Å²) >= 11 is 0. The van der Waals surface area contributed by atoms with Crippen molar-refractivity contribution in [2.24, 2.45) is 0 Å². The van der Waals surface area contributed by atoms with E-state index in [1.807, 2.05) is 12.1 Å². The number of carbonyl (C=O) groups excluding carboxylic acids is 1. The average Bonchev–Trinajstić information content (AvgIpc) is 2.66. The summed E-state index contributed by atoms with van der Waals surface area (Å²) in [5.41, 5.74) is 6.16. The van der Waals surface area contributed by atoms with Crippen LogP contribution in [-0.2, 0) is 22.0 Å². The first-order valence-electron chi connectivity index (χ1n) is 10.1. The maximum Gasteiger partial charge on any atom is 0.338 e. The maximum absolute atomic E-state index is 11.7. The predicted octanol–water partition coefficient (Wildman–Crippen LogP) is 5.81. The minimum absolute atomic E-state index is 0.219. The molecule has 0 saturated carbocycles. The quantitative estimate of drug-likeness (QED) is 0.501. The first kappa shape index (κ1) is 20.2. The van der Waals surface area contributed by atoms with E-state index in [1.165, 1.54) is 29.5 Å². The topological polar surface area (TPSA) is 26.3 Å². The summed E-state index contributed by atoms with van der Waals surface area (Å²) in [6.07, 6.45) is 3.17. The molecule has 3 rings (SSSR count). The Balaban J connectivity index is 1.75. The molecule has 0 radical (unpaired) electrons. The molecule has 0 aromatic heterocycles. The minimum atomic E-state index is -0.290. The molecule has 2 aromatic carbocycles. The number of fused-ring (bicyclic) bond motifs is 1. The van der Waals surface area contributed by atoms with Crippen LogP contribution in [0.3, 0.4) is 0 Å². The van der Waals surface area contributed by atoms with Crippen LogP contribution in [0.1, 0.15) is 80.1 Å². The number of ether oxygens (including phenoxy) is 1. The third-order valence-corrected chi connectivity index (χ3v) is 5.84. The Morgan fingerprint density at radius 1 is 0.964 bits per heavy atom. The van der Waals surface area contributed by atoms with Gasteiger partial charge in [0.05, 0.1) is 12.2 Å². The number of hydrogen-bond acceptors (Lipinski definition) is 2. The Morgan fingerprint density at radius 2 is 1.61 bits per heavy atom. The van der Waals surface area contributed by atoms with E-state index >= 15 is 0 Å². The molecular weight excluding hydrogens is 344 g/mol. The number of carbonyl (C=O) groups is 1. The lowest BCUT2D eigenvalue weighted by molar-refractivity contribution is 0.0526. The van der Waals surface area contributed by atoms with Crippen molar-refractivity contribution in [3.63, 3.8) is 0 Å². The van der Waals surface area contributed by atoms with E-state index in [1.54, 1.807) is 19.1 Å². The van der Waals surface area contributed by atoms with Gasteiger partial charge in [-0.25, -0.2) is 4.79 Å². The van der Waals surface area contributed by atoms with E-state index in [-0.39, 0.29) is 16.8 Å². The third kappa shape index (κ3) is 4.30. The summed E-state index contributed by atoms with van der Waals surface area (Å²) in [5.74, 6) is 6.20. The molecule has 0 bridgehead atoms. The average molecular weight is 375 g/mol. The van der Waals surface area contributed by atoms with Crippen LogP contribution < -0.4 is 0 Å². The number of rotatable bonds is 3. The fraction of sp³-hybridized carbons (Fsp3) is 0.423. The second-order valence-electron chi connectivity index (χ2n) is 8.92. The molecule has 0 fully saturated rings. The van der Waals surface area contributed by atoms with Crippen LogP contribution in [0.25, 0.3) is 0 Å². The Morgan fingerprint density at radius 3 is 2.25 bits per heavy atom. The second kappa shape index (κ2) is 7.84. The summed E-state index contributed by atoms with van der Waals surface area (Å²) < 4.78 is 5.01. The van der Waals surface area contributed by atoms with Gasteiger partial charge in [0.15, 0.2) is 0 Å². The molecule has 0 aliphatic heterocycles. The molecule has 1 aliphatic rings. The van der Waals surface area contributed by atoms with Crippen LogP contribution >= 0.6 is 0 Å². The first-order chi connectivity index (χ1) is 13.2. The van der Waals surface area contributed by atoms with Crippen LogP contribution in [-0.4, -0.2) is 12.6 Å². The van der Waals surface area contributed by atoms with E-state index in [0.29, 0.717) is 12.2 Å². The van der Waals surface area contributed by atoms with Crippen molar-refractivity contribution in [3.05, 3.63) is 70.3 Å². The van der Waals surface area contributed by atoms with Gasteiger partial charge in [-0.3, -0.25) is 0 Å². The zero-order valence-corrected chi connectivity index (χ0v) is 17.7. The van der Waals surface area contributed by atoms with Gasteiger partial charge < -0.3 is 4.74 Å². The Hall–Kier alpha value is -2.53. The fourth-order valence-corrected chi connectivity index (χ4v) is 3.90. The maximum atomic E-state index is 11.7. The van der Waals surface area contributed by atoms with Gasteiger partial charge in [-0.15, -0.1) is 0 Å². The summed E-state index contributed by atoms with van der Waals surface area (Å²) in [7, 11) is 0. The van der Waals surface area contributed by atoms with Crippen LogP contribution in [0.4, 0.5) is 0 Å². The summed E-state index contributed by atoms with van der Waals surface area (Å²) in [5, 5.41) is 0. The lowest BCUT2D eigenvalue weighted by Gasteiger charge is -2.42. The minimum Gasteiger partial charge on any atom is -0.462 e. The lowest BCUT2D eigenvalue weighted by Crippen LogP contribution is -2.33. The van der Waals surface area contributed by atoms with Gasteiger partial charge in [-0.05, 0) is 71.6 Å². The highest BCUT2D eigenvalue weighted by Crippen LogP contribution is 2.45. The molecule has 28 heavy (non-hydrogen) atoms. The molecule has 0 N–H and O–H groups in total. The van der Waals surface area contributed by atoms with Crippen LogP contribution in [0.5, 0.6) is 0 Å². The van der Waals surface area contributed by atoms with Crippen LogP contribution in [0, 0.1) is 11.8 Å². The van der Waals surface area contributed by atoms with Gasteiger partial charge in [0.1, 0.15) is 0 Å². The predicted molar refractivity (Wildman–Crippen MR) is 115 cm³/mol. The van der Waals surface area contributed by atoms with E-state index in [9.17, 15) is 4.79 Å². The highest BCUT2D eigenvalue weighted by atomic mass is 16.5. The Bertz CT molecular complexity index is 921. The van der Waals surface area contributed by atoms with Crippen molar-refractivity contribution in [2.45, 2.75) is 64.7 Å². The monoisotopic (exact) mass is 374 g/mol. The van der Waals surface area contributed by atoms with E-state index in [4.69, 9.17) is 4.74 Å². The standard InChI is InChI=1S/C26H30O2/c1-6-28-24(27)21-13-10-19(11-14-21)8-7-9-20-12-15-22-23(18-20)26(4,5)17-16-25(22,2)3/h10-15,18H,6,9,16-17H2,1-5H3. The van der Waals surface area contributed by atoms with E-state index in [0.717, 1.165) is 12.0 Å². The van der Waals surface area contributed by atoms with Gasteiger partial charge >= 0.3 is 5.97 Å². The van der Waals surface area contributed by atoms with Crippen molar-refractivity contribution in [2.75, 3.05) is 6.61 Å². The summed E-state index contributed by atoms with van der Waals surface area (Å²) in [6, 6.07) is 14.2. The van der Waals surface area contributed by atoms with E-state index in [2.05, 4.69) is 57.7 Å². The lowest BCUT2D eigenvalue weighted by atomic mass is 9.63. The molecule has 0 atom stereocenters. The molecule has 1 aliphatic carbocycles. The molecule has 146 valence electrons. The van der Waals surface area contributed by atoms with Crippen LogP contribution in [0.15, 0.2) is 42.5 Å². The normalized spacial score (nSPS) is 16.5. The van der Waals surface area contributed by atoms with Gasteiger partial charge in [-0.2, -0.15) is 0 Å². The molecule has 2 heteroatoms. The summed E-state index contributed by atoms with van der Waals surface area (Å²) in [4.78, 5) is 11.7. The highest BCUT2D eigenvalue weighted by molar-refractivity contribution is 5.89. The molecule has 2 nitrogen and oxygen atoms in total. The second-order valence-corrected chi connectivity index (χ2v) is 8.92. The van der Waals surface area contributed by atoms with Crippen molar-refractivity contribution >= 4 is 5.97 Å². The Labute approximate surface area is 169 Å². The van der Waals surface area contributed by atoms with Crippen molar-refractivity contribution in [3.8, 4) is 11.8 Å². The van der Waals surface area contributed by atoms with Crippen molar-refractivity contribution in [1.82, 2.24) is 0 Å². The molecule has 0 unspecified atom stereocenters. The van der Waals surface area contributed by atoms with Crippen LogP contribution in [0.2, 0.25) is 0 Å². The third-order valence-electron chi connectivity index (χ3n) is 5.84. The van der Waals surface area contributed by atoms with Crippen molar-refractivity contribution in [1.29, 1.82) is 0 Å². The number of esters is 1. The summed E-state index contributed by atoms with van der Waals surface area (Å²) in [6.45, 7) is 11.6. The van der Waals surface area contributed by atoms with Gasteiger partial charge in [0.2, 0.25) is 0 Å². The van der Waals surface area contributed by atoms with Gasteiger partial charge in [-0.1, -0.05) is 57.7 Å². The zero-order valence-electron chi connectivity index (χ0n) is 17.7. The van der Waals surface area contributed by atoms with E-state index < -0.39 is 0 Å². The fourth-order valence-electron chi connectivity index (χ4n) is 3.90. The smallest absolute Gasteiger partial charge is 0.338 e. The molecule has 0 spiro atoms. The number of hydrogen-bond donors (Lipinski definition) is 0. The Kier molecular flexibility index (Phi) is 5.66. The molecule has 2 aromatic rings. The molecular formula is C26H30O2. The molecule has 0 amide bonds. The molecule has 0 saturated heterocycles. The largest absolute Gasteiger partial charge is 0.462 e. The molecule has 0 heterocycles. The first-order valence-corrected chi connectivity index (χ1v) is 10.1.